The number of hydrogen-bond donors (Lipinski definition) is 0. The molecule has 0 N–H and O–H groups in total. The van der Waals surface area contributed by atoms with Crippen molar-refractivity contribution in [3.63, 3.8) is 0 Å². The molecule has 2 saturated heterocycles. The minimum atomic E-state index is -1.62. The van der Waals surface area contributed by atoms with Gasteiger partial charge in [0.2, 0.25) is 0 Å². The second-order valence-corrected chi connectivity index (χ2v) is 7.29. The number of anilines is 1. The standard InChI is InChI=1S/C18H24FN3O2/c19-18(7-3-8-18)16(23)22-11-12-24-17(14-22)6-4-10-21(13-17)15-5-1-2-9-20-15/h1-2,5,9H,3-4,6-8,10-14H2. The molecule has 0 bridgehead atoms. The van der Waals surface area contributed by atoms with E-state index in [-0.39, 0.29) is 5.91 Å². The molecule has 1 spiro atoms. The maximum absolute atomic E-state index is 14.5. The second-order valence-electron chi connectivity index (χ2n) is 7.29. The molecule has 1 aromatic rings. The predicted molar refractivity (Wildman–Crippen MR) is 88.6 cm³/mol. The van der Waals surface area contributed by atoms with E-state index in [1.807, 2.05) is 18.2 Å². The summed E-state index contributed by atoms with van der Waals surface area (Å²) in [7, 11) is 0. The first kappa shape index (κ1) is 15.8. The Morgan fingerprint density at radius 2 is 2.04 bits per heavy atom. The number of carbonyl (C=O) groups is 1. The van der Waals surface area contributed by atoms with Gasteiger partial charge < -0.3 is 14.5 Å². The van der Waals surface area contributed by atoms with E-state index in [1.54, 1.807) is 11.1 Å². The highest BCUT2D eigenvalue weighted by Crippen LogP contribution is 2.39. The highest BCUT2D eigenvalue weighted by Gasteiger charge is 2.50. The summed E-state index contributed by atoms with van der Waals surface area (Å²) in [6, 6.07) is 5.88. The summed E-state index contributed by atoms with van der Waals surface area (Å²) in [4.78, 5) is 20.9. The number of pyridine rings is 1. The Balaban J connectivity index is 1.48. The lowest BCUT2D eigenvalue weighted by atomic mass is 9.80. The van der Waals surface area contributed by atoms with Gasteiger partial charge in [0.25, 0.3) is 5.91 Å². The van der Waals surface area contributed by atoms with Crippen LogP contribution in [0.4, 0.5) is 10.2 Å². The summed E-state index contributed by atoms with van der Waals surface area (Å²) >= 11 is 0. The molecule has 1 aliphatic carbocycles. The van der Waals surface area contributed by atoms with Crippen LogP contribution in [0.2, 0.25) is 0 Å². The third-order valence-corrected chi connectivity index (χ3v) is 5.58. The lowest BCUT2D eigenvalue weighted by molar-refractivity contribution is -0.168. The van der Waals surface area contributed by atoms with Crippen LogP contribution < -0.4 is 4.90 Å². The van der Waals surface area contributed by atoms with Gasteiger partial charge in [0, 0.05) is 19.3 Å². The molecule has 1 aromatic heterocycles. The zero-order chi connectivity index (χ0) is 16.6. The summed E-state index contributed by atoms with van der Waals surface area (Å²) in [6.45, 7) is 3.10. The van der Waals surface area contributed by atoms with Gasteiger partial charge in [-0.15, -0.1) is 0 Å². The molecule has 1 saturated carbocycles. The van der Waals surface area contributed by atoms with E-state index < -0.39 is 11.3 Å². The lowest BCUT2D eigenvalue weighted by Gasteiger charge is -2.49. The number of rotatable bonds is 2. The fourth-order valence-electron chi connectivity index (χ4n) is 4.08. The fraction of sp³-hybridized carbons (Fsp3) is 0.667. The van der Waals surface area contributed by atoms with Crippen LogP contribution >= 0.6 is 0 Å². The Bertz CT molecular complexity index is 604. The highest BCUT2D eigenvalue weighted by atomic mass is 19.1. The number of aromatic nitrogens is 1. The Labute approximate surface area is 141 Å². The third-order valence-electron chi connectivity index (χ3n) is 5.58. The van der Waals surface area contributed by atoms with Crippen LogP contribution in [0.5, 0.6) is 0 Å². The number of hydrogen-bond acceptors (Lipinski definition) is 4. The molecule has 6 heteroatoms. The molecule has 130 valence electrons. The van der Waals surface area contributed by atoms with Crippen LogP contribution in [-0.4, -0.2) is 59.8 Å². The number of nitrogens with zero attached hydrogens (tertiary/aromatic N) is 3. The Morgan fingerprint density at radius 1 is 1.17 bits per heavy atom. The largest absolute Gasteiger partial charge is 0.369 e. The lowest BCUT2D eigenvalue weighted by Crippen LogP contribution is -2.63. The first-order valence-corrected chi connectivity index (χ1v) is 8.89. The van der Waals surface area contributed by atoms with Crippen molar-refractivity contribution < 1.29 is 13.9 Å². The van der Waals surface area contributed by atoms with Gasteiger partial charge in [0.1, 0.15) is 11.4 Å². The number of carbonyl (C=O) groups excluding carboxylic acids is 1. The van der Waals surface area contributed by atoms with Gasteiger partial charge >= 0.3 is 0 Å². The minimum absolute atomic E-state index is 0.327. The minimum Gasteiger partial charge on any atom is -0.369 e. The van der Waals surface area contributed by atoms with Crippen LogP contribution in [-0.2, 0) is 9.53 Å². The SMILES string of the molecule is O=C(N1CCOC2(CCCN(c3ccccn3)C2)C1)C1(F)CCC1. The average Bonchev–Trinajstić information content (AvgIpc) is 2.60. The number of alkyl halides is 1. The second kappa shape index (κ2) is 5.99. The Morgan fingerprint density at radius 3 is 2.75 bits per heavy atom. The van der Waals surface area contributed by atoms with Crippen molar-refractivity contribution in [3.8, 4) is 0 Å². The smallest absolute Gasteiger partial charge is 0.260 e. The zero-order valence-corrected chi connectivity index (χ0v) is 13.9. The van der Waals surface area contributed by atoms with E-state index >= 15 is 0 Å². The van der Waals surface area contributed by atoms with Crippen molar-refractivity contribution in [1.29, 1.82) is 0 Å². The Hall–Kier alpha value is -1.69. The number of morpholine rings is 1. The van der Waals surface area contributed by atoms with E-state index in [4.69, 9.17) is 4.74 Å². The number of amides is 1. The topological polar surface area (TPSA) is 45.7 Å². The van der Waals surface area contributed by atoms with Gasteiger partial charge in [-0.3, -0.25) is 4.79 Å². The number of halogens is 1. The summed E-state index contributed by atoms with van der Waals surface area (Å²) in [5.41, 5.74) is -2.02. The molecule has 4 rings (SSSR count). The van der Waals surface area contributed by atoms with Crippen molar-refractivity contribution in [2.75, 3.05) is 37.7 Å². The van der Waals surface area contributed by atoms with Crippen molar-refractivity contribution >= 4 is 11.7 Å². The van der Waals surface area contributed by atoms with Crippen LogP contribution in [0.25, 0.3) is 0 Å². The molecule has 3 fully saturated rings. The first-order chi connectivity index (χ1) is 11.6. The fourth-order valence-corrected chi connectivity index (χ4v) is 4.08. The van der Waals surface area contributed by atoms with Crippen molar-refractivity contribution in [2.24, 2.45) is 0 Å². The molecule has 0 aromatic carbocycles. The van der Waals surface area contributed by atoms with Crippen molar-refractivity contribution in [1.82, 2.24) is 9.88 Å². The van der Waals surface area contributed by atoms with Gasteiger partial charge in [0.15, 0.2) is 5.67 Å². The highest BCUT2D eigenvalue weighted by molar-refractivity contribution is 5.86. The summed E-state index contributed by atoms with van der Waals surface area (Å²) < 4.78 is 20.6. The van der Waals surface area contributed by atoms with Crippen molar-refractivity contribution in [3.05, 3.63) is 24.4 Å². The summed E-state index contributed by atoms with van der Waals surface area (Å²) in [5, 5.41) is 0. The molecule has 3 heterocycles. The van der Waals surface area contributed by atoms with Crippen LogP contribution in [0, 0.1) is 0 Å². The van der Waals surface area contributed by atoms with E-state index in [9.17, 15) is 9.18 Å². The Kier molecular flexibility index (Phi) is 3.95. The molecule has 3 aliphatic rings. The van der Waals surface area contributed by atoms with Crippen LogP contribution in [0.1, 0.15) is 32.1 Å². The molecular formula is C18H24FN3O2. The average molecular weight is 333 g/mol. The number of ether oxygens (including phenoxy) is 1. The van der Waals surface area contributed by atoms with E-state index in [0.29, 0.717) is 39.1 Å². The molecule has 1 atom stereocenters. The van der Waals surface area contributed by atoms with Gasteiger partial charge in [-0.2, -0.15) is 0 Å². The molecule has 1 amide bonds. The summed E-state index contributed by atoms with van der Waals surface area (Å²) in [6.07, 6.45) is 5.23. The van der Waals surface area contributed by atoms with Gasteiger partial charge in [-0.05, 0) is 44.2 Å². The maximum Gasteiger partial charge on any atom is 0.260 e. The maximum atomic E-state index is 14.5. The summed E-state index contributed by atoms with van der Waals surface area (Å²) in [5.74, 6) is 0.607. The van der Waals surface area contributed by atoms with E-state index in [2.05, 4.69) is 9.88 Å². The zero-order valence-electron chi connectivity index (χ0n) is 13.9. The van der Waals surface area contributed by atoms with Gasteiger partial charge in [0.05, 0.1) is 19.7 Å². The van der Waals surface area contributed by atoms with Gasteiger partial charge in [-0.1, -0.05) is 6.07 Å². The quantitative estimate of drug-likeness (QED) is 0.832. The van der Waals surface area contributed by atoms with Crippen LogP contribution in [0.15, 0.2) is 24.4 Å². The molecule has 24 heavy (non-hydrogen) atoms. The normalized spacial score (nSPS) is 29.4. The number of piperidine rings is 1. The van der Waals surface area contributed by atoms with E-state index in [0.717, 1.165) is 31.6 Å². The molecule has 0 radical (unpaired) electrons. The molecule has 5 nitrogen and oxygen atoms in total. The van der Waals surface area contributed by atoms with Crippen LogP contribution in [0.3, 0.4) is 0 Å². The first-order valence-electron chi connectivity index (χ1n) is 8.89. The molecule has 1 unspecified atom stereocenters. The monoisotopic (exact) mass is 333 g/mol. The van der Waals surface area contributed by atoms with E-state index in [1.165, 1.54) is 0 Å². The van der Waals surface area contributed by atoms with Gasteiger partial charge in [-0.25, -0.2) is 9.37 Å². The third kappa shape index (κ3) is 2.77. The predicted octanol–water partition coefficient (Wildman–Crippen LogP) is 2.17. The molecular weight excluding hydrogens is 309 g/mol. The van der Waals surface area contributed by atoms with Crippen molar-refractivity contribution in [2.45, 2.75) is 43.4 Å². The molecule has 2 aliphatic heterocycles.